The van der Waals surface area contributed by atoms with Crippen molar-refractivity contribution in [3.63, 3.8) is 0 Å². The Balaban J connectivity index is 1.62. The fourth-order valence-corrected chi connectivity index (χ4v) is 5.64. The van der Waals surface area contributed by atoms with Gasteiger partial charge in [0.25, 0.3) is 0 Å². The number of hydrogen-bond donors (Lipinski definition) is 0. The van der Waals surface area contributed by atoms with Crippen molar-refractivity contribution in [2.24, 2.45) is 10.3 Å². The van der Waals surface area contributed by atoms with Gasteiger partial charge in [-0.3, -0.25) is 14.4 Å². The standard InChI is InChI=1S/C40H37N3O7/c1-7-8-35(42-50-26(6)45)40(48)31-16-20-37-34(22-31)33-21-30(38(46)24(4)41-49-25(5)44)15-19-36(33)43(37)32-17-13-29(14-18-32)39(47)28-11-9-27(10-12-28)23(2)3/h9-23H,7-8H2,1-6H3. The summed E-state index contributed by atoms with van der Waals surface area (Å²) in [6.07, 6.45) is 0.910. The van der Waals surface area contributed by atoms with E-state index in [-0.39, 0.29) is 17.2 Å². The normalized spacial score (nSPS) is 12.0. The van der Waals surface area contributed by atoms with E-state index in [0.717, 1.165) is 22.3 Å². The van der Waals surface area contributed by atoms with E-state index in [9.17, 15) is 24.0 Å². The van der Waals surface area contributed by atoms with Crippen molar-refractivity contribution in [3.05, 3.63) is 113 Å². The van der Waals surface area contributed by atoms with Crippen LogP contribution in [0.15, 0.2) is 95.2 Å². The molecule has 0 unspecified atom stereocenters. The van der Waals surface area contributed by atoms with Gasteiger partial charge in [0.1, 0.15) is 11.4 Å². The Morgan fingerprint density at radius 1 is 0.640 bits per heavy atom. The molecule has 0 bridgehead atoms. The van der Waals surface area contributed by atoms with Gasteiger partial charge in [0.05, 0.1) is 11.0 Å². The Labute approximate surface area is 289 Å². The molecule has 0 fully saturated rings. The Kier molecular flexibility index (Phi) is 10.6. The molecule has 0 aliphatic rings. The molecule has 10 heteroatoms. The van der Waals surface area contributed by atoms with Crippen molar-refractivity contribution in [2.45, 2.75) is 60.3 Å². The Hall–Kier alpha value is -6.03. The van der Waals surface area contributed by atoms with Crippen LogP contribution in [0.4, 0.5) is 0 Å². The second kappa shape index (κ2) is 15.0. The SMILES string of the molecule is CCCC(=NOC(C)=O)C(=O)c1ccc2c(c1)c1cc(C(=O)C(C)=NOC(C)=O)ccc1n2-c1ccc(C(=O)c2ccc(C(C)C)cc2)cc1. The first-order valence-electron chi connectivity index (χ1n) is 16.3. The summed E-state index contributed by atoms with van der Waals surface area (Å²) in [5, 5.41) is 8.80. The zero-order chi connectivity index (χ0) is 36.1. The van der Waals surface area contributed by atoms with Gasteiger partial charge < -0.3 is 14.2 Å². The maximum Gasteiger partial charge on any atom is 0.331 e. The number of carbonyl (C=O) groups excluding carboxylic acids is 5. The van der Waals surface area contributed by atoms with Crippen LogP contribution in [-0.4, -0.2) is 45.3 Å². The summed E-state index contributed by atoms with van der Waals surface area (Å²) < 4.78 is 1.98. The lowest BCUT2D eigenvalue weighted by Crippen LogP contribution is -2.15. The number of hydrogen-bond acceptors (Lipinski definition) is 9. The molecule has 0 saturated carbocycles. The highest BCUT2D eigenvalue weighted by atomic mass is 16.7. The number of ketones is 3. The third-order valence-electron chi connectivity index (χ3n) is 8.19. The van der Waals surface area contributed by atoms with Gasteiger partial charge in [-0.2, -0.15) is 0 Å². The van der Waals surface area contributed by atoms with Gasteiger partial charge in [0.15, 0.2) is 5.78 Å². The molecule has 10 nitrogen and oxygen atoms in total. The predicted octanol–water partition coefficient (Wildman–Crippen LogP) is 8.16. The van der Waals surface area contributed by atoms with Crippen LogP contribution in [0.2, 0.25) is 0 Å². The average molecular weight is 672 g/mol. The molecule has 50 heavy (non-hydrogen) atoms. The topological polar surface area (TPSA) is 133 Å². The minimum Gasteiger partial charge on any atom is -0.318 e. The summed E-state index contributed by atoms with van der Waals surface area (Å²) in [7, 11) is 0. The van der Waals surface area contributed by atoms with Gasteiger partial charge in [0.2, 0.25) is 11.6 Å². The summed E-state index contributed by atoms with van der Waals surface area (Å²) in [6.45, 7) is 9.95. The maximum absolute atomic E-state index is 13.6. The van der Waals surface area contributed by atoms with Crippen molar-refractivity contribution in [1.82, 2.24) is 4.57 Å². The minimum atomic E-state index is -0.649. The fraction of sp³-hybridized carbons (Fsp3) is 0.225. The van der Waals surface area contributed by atoms with Crippen molar-refractivity contribution in [2.75, 3.05) is 0 Å². The molecule has 4 aromatic carbocycles. The molecule has 5 aromatic rings. The molecule has 0 saturated heterocycles. The van der Waals surface area contributed by atoms with Gasteiger partial charge in [0, 0.05) is 52.6 Å². The number of rotatable bonds is 12. The number of aromatic nitrogens is 1. The molecule has 0 aliphatic carbocycles. The monoisotopic (exact) mass is 671 g/mol. The Morgan fingerprint density at radius 2 is 1.12 bits per heavy atom. The summed E-state index contributed by atoms with van der Waals surface area (Å²) >= 11 is 0. The second-order valence-corrected chi connectivity index (χ2v) is 12.2. The lowest BCUT2D eigenvalue weighted by Gasteiger charge is -2.10. The van der Waals surface area contributed by atoms with Crippen molar-refractivity contribution in [3.8, 4) is 5.69 Å². The lowest BCUT2D eigenvalue weighted by atomic mass is 9.98. The third-order valence-corrected chi connectivity index (χ3v) is 8.19. The number of fused-ring (bicyclic) bond motifs is 3. The van der Waals surface area contributed by atoms with Crippen LogP contribution in [0.1, 0.15) is 103 Å². The summed E-state index contributed by atoms with van der Waals surface area (Å²) in [5.41, 5.74) is 5.24. The summed E-state index contributed by atoms with van der Waals surface area (Å²) in [4.78, 5) is 72.4. The van der Waals surface area contributed by atoms with Crippen LogP contribution in [0.5, 0.6) is 0 Å². The zero-order valence-corrected chi connectivity index (χ0v) is 28.8. The van der Waals surface area contributed by atoms with Crippen molar-refractivity contribution >= 4 is 62.5 Å². The van der Waals surface area contributed by atoms with E-state index in [1.165, 1.54) is 20.8 Å². The van der Waals surface area contributed by atoms with Crippen LogP contribution in [0.25, 0.3) is 27.5 Å². The molecule has 0 N–H and O–H groups in total. The van der Waals surface area contributed by atoms with E-state index in [1.807, 2.05) is 54.0 Å². The van der Waals surface area contributed by atoms with Crippen molar-refractivity contribution in [1.29, 1.82) is 0 Å². The van der Waals surface area contributed by atoms with E-state index in [1.54, 1.807) is 42.5 Å². The third kappa shape index (κ3) is 7.49. The number of nitrogens with zero attached hydrogens (tertiary/aromatic N) is 3. The average Bonchev–Trinajstić information content (AvgIpc) is 3.44. The molecule has 0 spiro atoms. The van der Waals surface area contributed by atoms with Gasteiger partial charge in [-0.15, -0.1) is 0 Å². The first-order chi connectivity index (χ1) is 23.9. The number of carbonyl (C=O) groups is 5. The van der Waals surface area contributed by atoms with Crippen LogP contribution in [0, 0.1) is 0 Å². The number of benzene rings is 4. The molecule has 0 aliphatic heterocycles. The molecule has 1 aromatic heterocycles. The molecule has 5 rings (SSSR count). The first-order valence-corrected chi connectivity index (χ1v) is 16.3. The molecular weight excluding hydrogens is 634 g/mol. The smallest absolute Gasteiger partial charge is 0.318 e. The van der Waals surface area contributed by atoms with Crippen LogP contribution < -0.4 is 0 Å². The maximum atomic E-state index is 13.6. The molecule has 0 atom stereocenters. The van der Waals surface area contributed by atoms with E-state index in [2.05, 4.69) is 29.0 Å². The highest BCUT2D eigenvalue weighted by molar-refractivity contribution is 6.46. The minimum absolute atomic E-state index is 0.0100. The van der Waals surface area contributed by atoms with E-state index in [4.69, 9.17) is 4.84 Å². The van der Waals surface area contributed by atoms with Crippen LogP contribution in [0.3, 0.4) is 0 Å². The van der Waals surface area contributed by atoms with Gasteiger partial charge in [-0.1, -0.05) is 61.8 Å². The highest BCUT2D eigenvalue weighted by Gasteiger charge is 2.21. The first kappa shape index (κ1) is 35.3. The van der Waals surface area contributed by atoms with E-state index >= 15 is 0 Å². The number of oxime groups is 2. The predicted molar refractivity (Wildman–Crippen MR) is 192 cm³/mol. The Bertz CT molecular complexity index is 2210. The van der Waals surface area contributed by atoms with Crippen LogP contribution >= 0.6 is 0 Å². The van der Waals surface area contributed by atoms with E-state index in [0.29, 0.717) is 51.8 Å². The molecule has 0 radical (unpaired) electrons. The Morgan fingerprint density at radius 3 is 1.62 bits per heavy atom. The zero-order valence-electron chi connectivity index (χ0n) is 28.8. The van der Waals surface area contributed by atoms with E-state index < -0.39 is 23.5 Å². The quantitative estimate of drug-likeness (QED) is 0.0565. The van der Waals surface area contributed by atoms with Gasteiger partial charge in [-0.25, -0.2) is 9.59 Å². The number of Topliss-reactive ketones (excluding diaryl/α,β-unsaturated/α-hetero) is 2. The highest BCUT2D eigenvalue weighted by Crippen LogP contribution is 2.34. The van der Waals surface area contributed by atoms with Crippen molar-refractivity contribution < 1.29 is 33.6 Å². The fourth-order valence-electron chi connectivity index (χ4n) is 5.64. The molecule has 1 heterocycles. The summed E-state index contributed by atoms with van der Waals surface area (Å²) in [6, 6.07) is 25.3. The molecular formula is C40H37N3O7. The van der Waals surface area contributed by atoms with Gasteiger partial charge >= 0.3 is 11.9 Å². The molecule has 254 valence electrons. The lowest BCUT2D eigenvalue weighted by molar-refractivity contribution is -0.141. The summed E-state index contributed by atoms with van der Waals surface area (Å²) in [5.74, 6) is -1.85. The second-order valence-electron chi connectivity index (χ2n) is 12.2. The van der Waals surface area contributed by atoms with Gasteiger partial charge in [-0.05, 0) is 85.5 Å². The molecule has 0 amide bonds. The van der Waals surface area contributed by atoms with Crippen LogP contribution in [-0.2, 0) is 19.3 Å². The largest absolute Gasteiger partial charge is 0.331 e.